The van der Waals surface area contributed by atoms with Crippen LogP contribution < -0.4 is 4.74 Å². The van der Waals surface area contributed by atoms with Gasteiger partial charge in [-0.05, 0) is 30.3 Å². The van der Waals surface area contributed by atoms with E-state index in [0.717, 1.165) is 4.09 Å². The van der Waals surface area contributed by atoms with E-state index < -0.39 is 5.82 Å². The lowest BCUT2D eigenvalue weighted by atomic mass is 10.1. The number of ether oxygens (including phenoxy) is 1. The first-order chi connectivity index (χ1) is 10.1. The van der Waals surface area contributed by atoms with E-state index in [1.807, 2.05) is 0 Å². The van der Waals surface area contributed by atoms with Crippen molar-refractivity contribution in [2.45, 2.75) is 0 Å². The normalized spacial score (nSPS) is 11.0. The van der Waals surface area contributed by atoms with Gasteiger partial charge in [0, 0.05) is 10.9 Å². The molecule has 0 amide bonds. The summed E-state index contributed by atoms with van der Waals surface area (Å²) in [7, 11) is 1.47. The summed E-state index contributed by atoms with van der Waals surface area (Å²) in [5.41, 5.74) is 1.05. The van der Waals surface area contributed by atoms with Crippen LogP contribution in [0.4, 0.5) is 8.28 Å². The zero-order valence-electron chi connectivity index (χ0n) is 10.7. The number of benzene rings is 1. The first-order valence-corrected chi connectivity index (χ1v) is 6.87. The predicted octanol–water partition coefficient (Wildman–Crippen LogP) is 4.28. The molecule has 0 saturated heterocycles. The van der Waals surface area contributed by atoms with Crippen LogP contribution in [-0.4, -0.2) is 21.3 Å². The monoisotopic (exact) mass is 327 g/mol. The minimum atomic E-state index is -0.441. The number of fused-ring (bicyclic) bond motifs is 1. The van der Waals surface area contributed by atoms with Gasteiger partial charge in [0.1, 0.15) is 22.4 Å². The van der Waals surface area contributed by atoms with Crippen molar-refractivity contribution < 1.29 is 13.0 Å². The molecule has 0 saturated carbocycles. The minimum absolute atomic E-state index is 0.110. The standard InChI is InChI=1S/C13H8ClF2N3OS/c1-20-10-4-2-7(15)6-9(10)12-8-3-5-11(14)17-13(8)19(18-12)21-16/h2-6H,1H3. The molecule has 0 radical (unpaired) electrons. The Labute approximate surface area is 128 Å². The van der Waals surface area contributed by atoms with Gasteiger partial charge in [-0.15, -0.1) is 3.89 Å². The highest BCUT2D eigenvalue weighted by Gasteiger charge is 2.18. The molecule has 0 bridgehead atoms. The highest BCUT2D eigenvalue weighted by molar-refractivity contribution is 7.92. The van der Waals surface area contributed by atoms with Gasteiger partial charge in [0.05, 0.1) is 7.11 Å². The van der Waals surface area contributed by atoms with Gasteiger partial charge in [-0.1, -0.05) is 11.6 Å². The molecule has 1 aromatic carbocycles. The maximum absolute atomic E-state index is 13.5. The largest absolute Gasteiger partial charge is 0.496 e. The van der Waals surface area contributed by atoms with E-state index in [-0.39, 0.29) is 23.1 Å². The Morgan fingerprint density at radius 2 is 2.10 bits per heavy atom. The molecular formula is C13H8ClF2N3OS. The molecule has 3 rings (SSSR count). The van der Waals surface area contributed by atoms with Gasteiger partial charge >= 0.3 is 0 Å². The number of rotatable bonds is 3. The lowest BCUT2D eigenvalue weighted by molar-refractivity contribution is 0.415. The zero-order valence-corrected chi connectivity index (χ0v) is 12.3. The van der Waals surface area contributed by atoms with Gasteiger partial charge in [-0.25, -0.2) is 9.37 Å². The van der Waals surface area contributed by atoms with E-state index in [1.165, 1.54) is 25.3 Å². The molecule has 0 atom stereocenters. The maximum Gasteiger partial charge on any atom is 0.189 e. The van der Waals surface area contributed by atoms with Crippen LogP contribution in [0.5, 0.6) is 5.75 Å². The number of nitrogens with zero attached hydrogens (tertiary/aromatic N) is 3. The summed E-state index contributed by atoms with van der Waals surface area (Å²) >= 11 is 5.71. The van der Waals surface area contributed by atoms with Crippen molar-refractivity contribution in [1.29, 1.82) is 0 Å². The van der Waals surface area contributed by atoms with Crippen LogP contribution in [0.2, 0.25) is 5.15 Å². The molecule has 0 aliphatic heterocycles. The van der Waals surface area contributed by atoms with E-state index in [0.29, 0.717) is 22.4 Å². The van der Waals surface area contributed by atoms with Crippen LogP contribution in [0.1, 0.15) is 0 Å². The number of pyridine rings is 1. The minimum Gasteiger partial charge on any atom is -0.496 e. The number of methoxy groups -OCH3 is 1. The predicted molar refractivity (Wildman–Crippen MR) is 78.6 cm³/mol. The lowest BCUT2D eigenvalue weighted by Crippen LogP contribution is -1.91. The van der Waals surface area contributed by atoms with Crippen LogP contribution in [0.3, 0.4) is 0 Å². The van der Waals surface area contributed by atoms with Crippen molar-refractivity contribution in [3.05, 3.63) is 41.3 Å². The summed E-state index contributed by atoms with van der Waals surface area (Å²) in [4.78, 5) is 4.04. The fourth-order valence-electron chi connectivity index (χ4n) is 2.06. The number of halogens is 3. The van der Waals surface area contributed by atoms with E-state index in [4.69, 9.17) is 16.3 Å². The third-order valence-corrected chi connectivity index (χ3v) is 3.55. The number of aromatic nitrogens is 3. The van der Waals surface area contributed by atoms with Gasteiger partial charge in [0.2, 0.25) is 0 Å². The molecule has 4 nitrogen and oxygen atoms in total. The summed E-state index contributed by atoms with van der Waals surface area (Å²) in [6.07, 6.45) is 0. The van der Waals surface area contributed by atoms with Gasteiger partial charge in [-0.2, -0.15) is 9.19 Å². The van der Waals surface area contributed by atoms with Crippen LogP contribution >= 0.6 is 23.9 Å². The second-order valence-electron chi connectivity index (χ2n) is 4.14. The van der Waals surface area contributed by atoms with Crippen molar-refractivity contribution in [3.63, 3.8) is 0 Å². The maximum atomic E-state index is 13.5. The van der Waals surface area contributed by atoms with E-state index in [1.54, 1.807) is 12.1 Å². The summed E-state index contributed by atoms with van der Waals surface area (Å²) < 4.78 is 32.7. The molecule has 0 spiro atoms. The van der Waals surface area contributed by atoms with Gasteiger partial charge in [0.15, 0.2) is 18.0 Å². The molecule has 21 heavy (non-hydrogen) atoms. The number of hydrogen-bond donors (Lipinski definition) is 0. The second-order valence-corrected chi connectivity index (χ2v) is 5.01. The fourth-order valence-corrected chi connectivity index (χ4v) is 2.52. The van der Waals surface area contributed by atoms with Crippen molar-refractivity contribution in [3.8, 4) is 17.0 Å². The molecule has 3 aromatic rings. The Morgan fingerprint density at radius 3 is 2.81 bits per heavy atom. The quantitative estimate of drug-likeness (QED) is 0.673. The fraction of sp³-hybridized carbons (Fsp3) is 0.0769. The van der Waals surface area contributed by atoms with E-state index in [2.05, 4.69) is 10.1 Å². The van der Waals surface area contributed by atoms with Gasteiger partial charge < -0.3 is 4.74 Å². The van der Waals surface area contributed by atoms with Crippen molar-refractivity contribution in [2.75, 3.05) is 7.11 Å². The molecule has 0 unspecified atom stereocenters. The van der Waals surface area contributed by atoms with Gasteiger partial charge in [0.25, 0.3) is 0 Å². The second kappa shape index (κ2) is 5.50. The van der Waals surface area contributed by atoms with E-state index >= 15 is 0 Å². The van der Waals surface area contributed by atoms with Gasteiger partial charge in [-0.3, -0.25) is 0 Å². The van der Waals surface area contributed by atoms with Crippen molar-refractivity contribution in [2.24, 2.45) is 0 Å². The summed E-state index contributed by atoms with van der Waals surface area (Å²) in [5, 5.41) is 4.87. The van der Waals surface area contributed by atoms with E-state index in [9.17, 15) is 8.28 Å². The molecule has 108 valence electrons. The lowest BCUT2D eigenvalue weighted by Gasteiger charge is -2.06. The SMILES string of the molecule is COc1ccc(F)cc1-c1nn(SF)c2nc(Cl)ccc12. The summed E-state index contributed by atoms with van der Waals surface area (Å²) in [6.45, 7) is 0. The van der Waals surface area contributed by atoms with Crippen LogP contribution in [0, 0.1) is 5.82 Å². The average molecular weight is 328 g/mol. The summed E-state index contributed by atoms with van der Waals surface area (Å²) in [6, 6.07) is 7.27. The van der Waals surface area contributed by atoms with Crippen molar-refractivity contribution >= 4 is 35.0 Å². The van der Waals surface area contributed by atoms with Crippen LogP contribution in [-0.2, 0) is 0 Å². The Bertz CT molecular complexity index is 825. The third-order valence-electron chi connectivity index (χ3n) is 2.95. The molecule has 8 heteroatoms. The molecule has 0 fully saturated rings. The average Bonchev–Trinajstić information content (AvgIpc) is 2.84. The molecule has 2 aromatic heterocycles. The zero-order chi connectivity index (χ0) is 15.0. The highest BCUT2D eigenvalue weighted by Crippen LogP contribution is 2.36. The van der Waals surface area contributed by atoms with Crippen LogP contribution in [0.15, 0.2) is 30.3 Å². The first-order valence-electron chi connectivity index (χ1n) is 5.82. The molecular weight excluding hydrogens is 320 g/mol. The topological polar surface area (TPSA) is 39.9 Å². The molecule has 0 aliphatic rings. The third kappa shape index (κ3) is 2.43. The Kier molecular flexibility index (Phi) is 3.69. The number of hydrogen-bond acceptors (Lipinski definition) is 4. The Hall–Kier alpha value is -1.86. The smallest absolute Gasteiger partial charge is 0.189 e. The molecule has 0 N–H and O–H groups in total. The summed E-state index contributed by atoms with van der Waals surface area (Å²) in [5.74, 6) is -0.00918. The molecule has 0 aliphatic carbocycles. The Balaban J connectivity index is 2.33. The molecule has 2 heterocycles. The van der Waals surface area contributed by atoms with Crippen LogP contribution in [0.25, 0.3) is 22.3 Å². The highest BCUT2D eigenvalue weighted by atomic mass is 35.5. The van der Waals surface area contributed by atoms with Crippen molar-refractivity contribution in [1.82, 2.24) is 14.2 Å². The Morgan fingerprint density at radius 1 is 1.29 bits per heavy atom. The first kappa shape index (κ1) is 14.1.